The third-order valence-electron chi connectivity index (χ3n) is 4.61. The Morgan fingerprint density at radius 3 is 2.48 bits per heavy atom. The summed E-state index contributed by atoms with van der Waals surface area (Å²) in [6.45, 7) is 1.95. The monoisotopic (exact) mass is 372 g/mol. The second-order valence-electron chi connectivity index (χ2n) is 6.36. The van der Waals surface area contributed by atoms with Gasteiger partial charge in [0.05, 0.1) is 19.9 Å². The van der Waals surface area contributed by atoms with Crippen LogP contribution < -0.4 is 14.8 Å². The fourth-order valence-electron chi connectivity index (χ4n) is 3.06. The van der Waals surface area contributed by atoms with Gasteiger partial charge in [-0.3, -0.25) is 9.59 Å². The van der Waals surface area contributed by atoms with E-state index in [1.54, 1.807) is 24.1 Å². The molecule has 1 aliphatic heterocycles. The van der Waals surface area contributed by atoms with Gasteiger partial charge in [-0.05, 0) is 49.2 Å². The van der Waals surface area contributed by atoms with Gasteiger partial charge in [-0.25, -0.2) is 0 Å². The topological polar surface area (TPSA) is 81.0 Å². The number of ether oxygens (including phenoxy) is 2. The van der Waals surface area contributed by atoms with Crippen LogP contribution in [0.1, 0.15) is 23.4 Å². The average molecular weight is 372 g/mol. The highest BCUT2D eigenvalue weighted by Crippen LogP contribution is 2.20. The lowest BCUT2D eigenvalue weighted by Crippen LogP contribution is -2.43. The number of carbonyl (C=O) groups excluding carboxylic acids is 2. The molecule has 3 rings (SSSR count). The van der Waals surface area contributed by atoms with Crippen LogP contribution in [0.5, 0.6) is 11.5 Å². The minimum atomic E-state index is -0.119. The number of hydrogen-bond donors (Lipinski definition) is 1. The molecule has 1 aromatic heterocycles. The molecule has 0 atom stereocenters. The smallest absolute Gasteiger partial charge is 0.289 e. The number of furan rings is 1. The van der Waals surface area contributed by atoms with Crippen molar-refractivity contribution in [3.8, 4) is 11.5 Å². The van der Waals surface area contributed by atoms with E-state index in [1.165, 1.54) is 6.26 Å². The van der Waals surface area contributed by atoms with Crippen molar-refractivity contribution >= 4 is 11.8 Å². The Balaban J connectivity index is 1.35. The molecule has 0 spiro atoms. The molecule has 144 valence electrons. The fourth-order valence-corrected chi connectivity index (χ4v) is 3.06. The summed E-state index contributed by atoms with van der Waals surface area (Å²) < 4.78 is 15.8. The normalized spacial score (nSPS) is 14.6. The molecule has 1 saturated heterocycles. The van der Waals surface area contributed by atoms with Gasteiger partial charge in [-0.2, -0.15) is 0 Å². The maximum atomic E-state index is 12.3. The van der Waals surface area contributed by atoms with Crippen molar-refractivity contribution in [3.05, 3.63) is 48.4 Å². The van der Waals surface area contributed by atoms with Crippen molar-refractivity contribution in [2.24, 2.45) is 5.92 Å². The van der Waals surface area contributed by atoms with Crippen LogP contribution in [-0.4, -0.2) is 50.1 Å². The lowest BCUT2D eigenvalue weighted by atomic mass is 9.96. The first kappa shape index (κ1) is 18.8. The van der Waals surface area contributed by atoms with Crippen LogP contribution in [-0.2, 0) is 4.79 Å². The Morgan fingerprint density at radius 2 is 1.85 bits per heavy atom. The Hall–Kier alpha value is -2.96. The number of nitrogens with zero attached hydrogens (tertiary/aromatic N) is 1. The van der Waals surface area contributed by atoms with E-state index in [0.29, 0.717) is 44.8 Å². The van der Waals surface area contributed by atoms with Crippen molar-refractivity contribution in [2.45, 2.75) is 12.8 Å². The number of likely N-dealkylation sites (tertiary alicyclic amines) is 1. The van der Waals surface area contributed by atoms with Crippen molar-refractivity contribution < 1.29 is 23.5 Å². The quantitative estimate of drug-likeness (QED) is 0.755. The Morgan fingerprint density at radius 1 is 1.15 bits per heavy atom. The second-order valence-corrected chi connectivity index (χ2v) is 6.36. The maximum Gasteiger partial charge on any atom is 0.289 e. The SMILES string of the molecule is COc1ccc(OCCNC(=O)C2CCN(C(=O)c3ccco3)CC2)cc1. The van der Waals surface area contributed by atoms with E-state index in [4.69, 9.17) is 13.9 Å². The predicted molar refractivity (Wildman–Crippen MR) is 98.8 cm³/mol. The number of benzene rings is 1. The van der Waals surface area contributed by atoms with Gasteiger partial charge in [-0.15, -0.1) is 0 Å². The molecule has 2 heterocycles. The van der Waals surface area contributed by atoms with Crippen LogP contribution in [0.4, 0.5) is 0 Å². The molecule has 2 aromatic rings. The fraction of sp³-hybridized carbons (Fsp3) is 0.400. The number of piperidine rings is 1. The first-order valence-electron chi connectivity index (χ1n) is 9.04. The molecular weight excluding hydrogens is 348 g/mol. The molecule has 1 aromatic carbocycles. The zero-order valence-electron chi connectivity index (χ0n) is 15.3. The van der Waals surface area contributed by atoms with Crippen LogP contribution in [0.25, 0.3) is 0 Å². The number of carbonyl (C=O) groups is 2. The molecule has 0 bridgehead atoms. The second kappa shape index (κ2) is 9.12. The molecule has 27 heavy (non-hydrogen) atoms. The summed E-state index contributed by atoms with van der Waals surface area (Å²) in [5.41, 5.74) is 0. The van der Waals surface area contributed by atoms with Crippen molar-refractivity contribution in [3.63, 3.8) is 0 Å². The molecule has 2 amide bonds. The van der Waals surface area contributed by atoms with Gasteiger partial charge >= 0.3 is 0 Å². The lowest BCUT2D eigenvalue weighted by molar-refractivity contribution is -0.126. The summed E-state index contributed by atoms with van der Waals surface area (Å²) in [6.07, 6.45) is 2.79. The maximum absolute atomic E-state index is 12.3. The summed E-state index contributed by atoms with van der Waals surface area (Å²) in [4.78, 5) is 26.3. The van der Waals surface area contributed by atoms with Gasteiger partial charge in [0.15, 0.2) is 5.76 Å². The van der Waals surface area contributed by atoms with Gasteiger partial charge in [0, 0.05) is 19.0 Å². The van der Waals surface area contributed by atoms with Gasteiger partial charge in [0.25, 0.3) is 5.91 Å². The third-order valence-corrected chi connectivity index (χ3v) is 4.61. The first-order chi connectivity index (χ1) is 13.2. The number of rotatable bonds is 7. The first-order valence-corrected chi connectivity index (χ1v) is 9.04. The Kier molecular flexibility index (Phi) is 6.35. The van der Waals surface area contributed by atoms with E-state index in [-0.39, 0.29) is 17.7 Å². The number of amides is 2. The predicted octanol–water partition coefficient (Wildman–Crippen LogP) is 2.34. The van der Waals surface area contributed by atoms with Gasteiger partial charge in [0.2, 0.25) is 5.91 Å². The molecule has 0 unspecified atom stereocenters. The van der Waals surface area contributed by atoms with E-state index >= 15 is 0 Å². The summed E-state index contributed by atoms with van der Waals surface area (Å²) in [5.74, 6) is 1.66. The summed E-state index contributed by atoms with van der Waals surface area (Å²) in [7, 11) is 1.61. The van der Waals surface area contributed by atoms with E-state index < -0.39 is 0 Å². The molecule has 0 saturated carbocycles. The molecule has 1 fully saturated rings. The summed E-state index contributed by atoms with van der Waals surface area (Å²) in [5, 5.41) is 2.91. The molecule has 1 aliphatic rings. The van der Waals surface area contributed by atoms with Crippen molar-refractivity contribution in [1.29, 1.82) is 0 Å². The standard InChI is InChI=1S/C20H24N2O5/c1-25-16-4-6-17(7-5-16)26-14-10-21-19(23)15-8-11-22(12-9-15)20(24)18-3-2-13-27-18/h2-7,13,15H,8-12,14H2,1H3,(H,21,23). The van der Waals surface area contributed by atoms with E-state index in [0.717, 1.165) is 11.5 Å². The average Bonchev–Trinajstić information content (AvgIpc) is 3.26. The van der Waals surface area contributed by atoms with Crippen LogP contribution in [0.2, 0.25) is 0 Å². The Labute approximate surface area is 158 Å². The number of hydrogen-bond acceptors (Lipinski definition) is 5. The van der Waals surface area contributed by atoms with Gasteiger partial charge in [0.1, 0.15) is 18.1 Å². The van der Waals surface area contributed by atoms with Crippen LogP contribution in [0.15, 0.2) is 47.1 Å². The zero-order chi connectivity index (χ0) is 19.1. The molecule has 0 aliphatic carbocycles. The molecule has 7 heteroatoms. The Bertz CT molecular complexity index is 734. The third kappa shape index (κ3) is 5.03. The van der Waals surface area contributed by atoms with E-state index in [1.807, 2.05) is 24.3 Å². The van der Waals surface area contributed by atoms with Crippen molar-refractivity contribution in [2.75, 3.05) is 33.4 Å². The van der Waals surface area contributed by atoms with Gasteiger partial charge < -0.3 is 24.1 Å². The highest BCUT2D eigenvalue weighted by Gasteiger charge is 2.28. The lowest BCUT2D eigenvalue weighted by Gasteiger charge is -2.30. The minimum absolute atomic E-state index is 0.0124. The molecular formula is C20H24N2O5. The molecule has 1 N–H and O–H groups in total. The van der Waals surface area contributed by atoms with E-state index in [2.05, 4.69) is 5.32 Å². The van der Waals surface area contributed by atoms with E-state index in [9.17, 15) is 9.59 Å². The molecule has 7 nitrogen and oxygen atoms in total. The summed E-state index contributed by atoms with van der Waals surface area (Å²) >= 11 is 0. The number of nitrogens with one attached hydrogen (secondary N) is 1. The largest absolute Gasteiger partial charge is 0.497 e. The number of methoxy groups -OCH3 is 1. The minimum Gasteiger partial charge on any atom is -0.497 e. The van der Waals surface area contributed by atoms with Crippen LogP contribution in [0, 0.1) is 5.92 Å². The highest BCUT2D eigenvalue weighted by molar-refractivity contribution is 5.91. The van der Waals surface area contributed by atoms with Crippen molar-refractivity contribution in [1.82, 2.24) is 10.2 Å². The van der Waals surface area contributed by atoms with Crippen LogP contribution >= 0.6 is 0 Å². The van der Waals surface area contributed by atoms with Gasteiger partial charge in [-0.1, -0.05) is 0 Å². The van der Waals surface area contributed by atoms with Crippen LogP contribution in [0.3, 0.4) is 0 Å². The summed E-state index contributed by atoms with van der Waals surface area (Å²) in [6, 6.07) is 10.7. The molecule has 0 radical (unpaired) electrons. The zero-order valence-corrected chi connectivity index (χ0v) is 15.3. The highest BCUT2D eigenvalue weighted by atomic mass is 16.5.